The lowest BCUT2D eigenvalue weighted by Gasteiger charge is -2.21. The molecule has 1 amide bonds. The van der Waals surface area contributed by atoms with Gasteiger partial charge in [-0.1, -0.05) is 42.5 Å². The lowest BCUT2D eigenvalue weighted by Crippen LogP contribution is -2.26. The Kier molecular flexibility index (Phi) is 6.42. The molecule has 0 aliphatic heterocycles. The summed E-state index contributed by atoms with van der Waals surface area (Å²) in [5, 5.41) is 3.04. The minimum Gasteiger partial charge on any atom is -0.468 e. The number of nitrogens with one attached hydrogen (secondary N) is 1. The molecule has 0 unspecified atom stereocenters. The molecule has 1 N–H and O–H groups in total. The van der Waals surface area contributed by atoms with E-state index in [4.69, 9.17) is 4.42 Å². The molecule has 3 aromatic rings. The van der Waals surface area contributed by atoms with E-state index in [0.717, 1.165) is 56.6 Å². The average molecular weight is 389 g/mol. The first kappa shape index (κ1) is 19.5. The fourth-order valence-electron chi connectivity index (χ4n) is 3.50. The van der Waals surface area contributed by atoms with Crippen LogP contribution >= 0.6 is 0 Å². The molecule has 1 heterocycles. The molecular formula is C25H28N2O2. The molecule has 29 heavy (non-hydrogen) atoms. The highest BCUT2D eigenvalue weighted by Gasteiger charge is 2.23. The summed E-state index contributed by atoms with van der Waals surface area (Å²) in [6.07, 6.45) is 6.09. The number of furan rings is 1. The molecule has 0 bridgehead atoms. The Morgan fingerprint density at radius 2 is 1.72 bits per heavy atom. The Morgan fingerprint density at radius 1 is 0.931 bits per heavy atom. The number of rotatable bonds is 10. The summed E-state index contributed by atoms with van der Waals surface area (Å²) in [7, 11) is 0. The van der Waals surface area contributed by atoms with Crippen molar-refractivity contribution >= 4 is 5.91 Å². The molecule has 4 rings (SSSR count). The SMILES string of the molecule is O=C(NC1CC1)c1ccc(CN(CCCc2ccccc2)Cc2ccco2)cc1. The van der Waals surface area contributed by atoms with Gasteiger partial charge in [-0.2, -0.15) is 0 Å². The molecule has 0 atom stereocenters. The van der Waals surface area contributed by atoms with Crippen molar-refractivity contribution in [3.63, 3.8) is 0 Å². The second-order valence-electron chi connectivity index (χ2n) is 7.82. The summed E-state index contributed by atoms with van der Waals surface area (Å²) in [5.74, 6) is 1.01. The highest BCUT2D eigenvalue weighted by atomic mass is 16.3. The van der Waals surface area contributed by atoms with Gasteiger partial charge < -0.3 is 9.73 Å². The van der Waals surface area contributed by atoms with Gasteiger partial charge in [0, 0.05) is 18.2 Å². The minimum atomic E-state index is 0.0364. The van der Waals surface area contributed by atoms with Crippen LogP contribution < -0.4 is 5.32 Å². The van der Waals surface area contributed by atoms with Crippen LogP contribution in [0.25, 0.3) is 0 Å². The Morgan fingerprint density at radius 3 is 2.41 bits per heavy atom. The van der Waals surface area contributed by atoms with Gasteiger partial charge in [0.1, 0.15) is 5.76 Å². The Labute approximate surface area is 172 Å². The number of aryl methyl sites for hydroxylation is 1. The molecule has 1 aliphatic rings. The molecule has 0 saturated heterocycles. The second kappa shape index (κ2) is 9.57. The first-order chi connectivity index (χ1) is 14.3. The standard InChI is InChI=1S/C25H28N2O2/c28-25(26-23-14-15-23)22-12-10-21(11-13-22)18-27(19-24-9-5-17-29-24)16-4-8-20-6-2-1-3-7-20/h1-3,5-7,9-13,17,23H,4,8,14-16,18-19H2,(H,26,28). The van der Waals surface area contributed by atoms with Crippen molar-refractivity contribution in [2.45, 2.75) is 44.8 Å². The summed E-state index contributed by atoms with van der Waals surface area (Å²) >= 11 is 0. The van der Waals surface area contributed by atoms with E-state index in [1.807, 2.05) is 24.3 Å². The van der Waals surface area contributed by atoms with Crippen LogP contribution in [-0.4, -0.2) is 23.4 Å². The van der Waals surface area contributed by atoms with Crippen molar-refractivity contribution in [3.8, 4) is 0 Å². The summed E-state index contributed by atoms with van der Waals surface area (Å²) in [5.41, 5.74) is 3.32. The molecule has 1 aromatic heterocycles. The number of hydrogen-bond acceptors (Lipinski definition) is 3. The molecule has 0 spiro atoms. The van der Waals surface area contributed by atoms with Crippen LogP contribution in [0.3, 0.4) is 0 Å². The first-order valence-corrected chi connectivity index (χ1v) is 10.4. The van der Waals surface area contributed by atoms with Crippen LogP contribution in [0.15, 0.2) is 77.4 Å². The third kappa shape index (κ3) is 6.06. The van der Waals surface area contributed by atoms with E-state index in [9.17, 15) is 4.79 Å². The van der Waals surface area contributed by atoms with E-state index in [-0.39, 0.29) is 5.91 Å². The van der Waals surface area contributed by atoms with Gasteiger partial charge in [-0.15, -0.1) is 0 Å². The Hall–Kier alpha value is -2.85. The van der Waals surface area contributed by atoms with E-state index < -0.39 is 0 Å². The molecule has 1 saturated carbocycles. The number of carbonyl (C=O) groups is 1. The molecule has 0 radical (unpaired) electrons. The lowest BCUT2D eigenvalue weighted by atomic mass is 10.1. The van der Waals surface area contributed by atoms with Gasteiger partial charge in [-0.05, 0) is 67.6 Å². The van der Waals surface area contributed by atoms with Crippen molar-refractivity contribution in [3.05, 3.63) is 95.4 Å². The fraction of sp³-hybridized carbons (Fsp3) is 0.320. The molecular weight excluding hydrogens is 360 g/mol. The maximum Gasteiger partial charge on any atom is 0.251 e. The van der Waals surface area contributed by atoms with Crippen LogP contribution in [0, 0.1) is 0 Å². The molecule has 4 nitrogen and oxygen atoms in total. The van der Waals surface area contributed by atoms with Gasteiger partial charge >= 0.3 is 0 Å². The molecule has 2 aromatic carbocycles. The van der Waals surface area contributed by atoms with Crippen molar-refractivity contribution in [1.82, 2.24) is 10.2 Å². The summed E-state index contributed by atoms with van der Waals surface area (Å²) < 4.78 is 5.57. The van der Waals surface area contributed by atoms with Crippen molar-refractivity contribution in [2.24, 2.45) is 0 Å². The zero-order valence-corrected chi connectivity index (χ0v) is 16.7. The maximum absolute atomic E-state index is 12.2. The predicted molar refractivity (Wildman–Crippen MR) is 115 cm³/mol. The van der Waals surface area contributed by atoms with Gasteiger partial charge in [0.15, 0.2) is 0 Å². The third-order valence-corrected chi connectivity index (χ3v) is 5.28. The van der Waals surface area contributed by atoms with Gasteiger partial charge in [-0.25, -0.2) is 0 Å². The predicted octanol–water partition coefficient (Wildman–Crippen LogP) is 4.81. The highest BCUT2D eigenvalue weighted by Crippen LogP contribution is 2.19. The Bertz CT molecular complexity index is 884. The van der Waals surface area contributed by atoms with Crippen LogP contribution in [-0.2, 0) is 19.5 Å². The quantitative estimate of drug-likeness (QED) is 0.542. The van der Waals surface area contributed by atoms with E-state index in [2.05, 4.69) is 52.7 Å². The molecule has 1 aliphatic carbocycles. The van der Waals surface area contributed by atoms with Crippen molar-refractivity contribution in [1.29, 1.82) is 0 Å². The topological polar surface area (TPSA) is 45.5 Å². The molecule has 150 valence electrons. The zero-order valence-electron chi connectivity index (χ0n) is 16.7. The van der Waals surface area contributed by atoms with E-state index in [1.165, 1.54) is 11.1 Å². The largest absolute Gasteiger partial charge is 0.468 e. The number of hydrogen-bond donors (Lipinski definition) is 1. The number of amides is 1. The molecule has 1 fully saturated rings. The van der Waals surface area contributed by atoms with Gasteiger partial charge in [-0.3, -0.25) is 9.69 Å². The number of benzene rings is 2. The summed E-state index contributed by atoms with van der Waals surface area (Å²) in [6, 6.07) is 22.9. The van der Waals surface area contributed by atoms with E-state index in [1.54, 1.807) is 6.26 Å². The Balaban J connectivity index is 1.35. The maximum atomic E-state index is 12.2. The third-order valence-electron chi connectivity index (χ3n) is 5.28. The van der Waals surface area contributed by atoms with Gasteiger partial charge in [0.2, 0.25) is 0 Å². The van der Waals surface area contributed by atoms with Crippen LogP contribution in [0.4, 0.5) is 0 Å². The summed E-state index contributed by atoms with van der Waals surface area (Å²) in [4.78, 5) is 14.6. The van der Waals surface area contributed by atoms with E-state index >= 15 is 0 Å². The van der Waals surface area contributed by atoms with Crippen LogP contribution in [0.2, 0.25) is 0 Å². The minimum absolute atomic E-state index is 0.0364. The smallest absolute Gasteiger partial charge is 0.251 e. The lowest BCUT2D eigenvalue weighted by molar-refractivity contribution is 0.0951. The number of nitrogens with zero attached hydrogens (tertiary/aromatic N) is 1. The zero-order chi connectivity index (χ0) is 19.9. The van der Waals surface area contributed by atoms with Crippen molar-refractivity contribution in [2.75, 3.05) is 6.54 Å². The van der Waals surface area contributed by atoms with Crippen molar-refractivity contribution < 1.29 is 9.21 Å². The highest BCUT2D eigenvalue weighted by molar-refractivity contribution is 5.94. The van der Waals surface area contributed by atoms with Gasteiger partial charge in [0.05, 0.1) is 12.8 Å². The summed E-state index contributed by atoms with van der Waals surface area (Å²) in [6.45, 7) is 2.60. The van der Waals surface area contributed by atoms with E-state index in [0.29, 0.717) is 6.04 Å². The normalized spacial score (nSPS) is 13.6. The van der Waals surface area contributed by atoms with Crippen LogP contribution in [0.1, 0.15) is 46.5 Å². The van der Waals surface area contributed by atoms with Crippen LogP contribution in [0.5, 0.6) is 0 Å². The monoisotopic (exact) mass is 388 g/mol. The second-order valence-corrected chi connectivity index (χ2v) is 7.82. The fourth-order valence-corrected chi connectivity index (χ4v) is 3.50. The molecule has 4 heteroatoms. The average Bonchev–Trinajstić information content (AvgIpc) is 3.41. The van der Waals surface area contributed by atoms with Gasteiger partial charge in [0.25, 0.3) is 5.91 Å². The number of carbonyl (C=O) groups excluding carboxylic acids is 1. The first-order valence-electron chi connectivity index (χ1n) is 10.4.